The van der Waals surface area contributed by atoms with Gasteiger partial charge in [-0.15, -0.1) is 4.91 Å². The third kappa shape index (κ3) is 3.45. The molecule has 1 unspecified atom stereocenters. The lowest BCUT2D eigenvalue weighted by atomic mass is 10.1. The molecule has 0 aliphatic rings. The van der Waals surface area contributed by atoms with Crippen molar-refractivity contribution in [2.75, 3.05) is 0 Å². The van der Waals surface area contributed by atoms with Gasteiger partial charge >= 0.3 is 0 Å². The Hall–Kier alpha value is -1.67. The van der Waals surface area contributed by atoms with E-state index in [4.69, 9.17) is 11.6 Å². The van der Waals surface area contributed by atoms with Gasteiger partial charge in [-0.25, -0.2) is 0 Å². The van der Waals surface area contributed by atoms with Gasteiger partial charge in [-0.1, -0.05) is 41.6 Å². The van der Waals surface area contributed by atoms with Crippen LogP contribution in [0.5, 0.6) is 0 Å². The van der Waals surface area contributed by atoms with Gasteiger partial charge in [0.1, 0.15) is 11.8 Å². The molecule has 1 atom stereocenters. The first-order valence-corrected chi connectivity index (χ1v) is 6.86. The second kappa shape index (κ2) is 6.67. The van der Waals surface area contributed by atoms with Crippen LogP contribution in [-0.4, -0.2) is 5.11 Å². The summed E-state index contributed by atoms with van der Waals surface area (Å²) in [6.07, 6.45) is -0.959. The number of hydrogen-bond donors (Lipinski definition) is 1. The Labute approximate surface area is 129 Å². The second-order valence-corrected chi connectivity index (χ2v) is 5.24. The molecular formula is C15H9BrClNO2. The SMILES string of the molecule is O=Nc1cccc(Br)c1C#CC(O)c1ccc(Cl)cc1. The van der Waals surface area contributed by atoms with E-state index in [1.807, 2.05) is 0 Å². The monoisotopic (exact) mass is 349 g/mol. The molecule has 0 heterocycles. The Balaban J connectivity index is 2.31. The minimum Gasteiger partial charge on any atom is -0.376 e. The van der Waals surface area contributed by atoms with Crippen LogP contribution in [0.1, 0.15) is 17.2 Å². The maximum atomic E-state index is 10.7. The molecule has 2 rings (SSSR count). The number of hydrogen-bond acceptors (Lipinski definition) is 3. The predicted octanol–water partition coefficient (Wildman–Crippen LogP) is 4.59. The average molecular weight is 351 g/mol. The minimum atomic E-state index is -0.959. The standard InChI is InChI=1S/C15H9BrClNO2/c16-13-2-1-3-14(18-20)12(13)8-9-15(19)10-4-6-11(17)7-5-10/h1-7,15,19H. The summed E-state index contributed by atoms with van der Waals surface area (Å²) in [5.41, 5.74) is 1.32. The molecule has 2 aromatic carbocycles. The van der Waals surface area contributed by atoms with Gasteiger partial charge in [0.25, 0.3) is 0 Å². The zero-order valence-corrected chi connectivity index (χ0v) is 12.5. The topological polar surface area (TPSA) is 49.7 Å². The van der Waals surface area contributed by atoms with Crippen LogP contribution in [0, 0.1) is 16.7 Å². The number of nitrogens with zero attached hydrogens (tertiary/aromatic N) is 1. The zero-order valence-electron chi connectivity index (χ0n) is 10.2. The highest BCUT2D eigenvalue weighted by Gasteiger charge is 2.06. The summed E-state index contributed by atoms with van der Waals surface area (Å²) in [5, 5.41) is 13.5. The fourth-order valence-corrected chi connectivity index (χ4v) is 2.16. The van der Waals surface area contributed by atoms with E-state index < -0.39 is 6.10 Å². The Bertz CT molecular complexity index is 689. The van der Waals surface area contributed by atoms with E-state index in [9.17, 15) is 10.0 Å². The van der Waals surface area contributed by atoms with E-state index in [0.717, 1.165) is 0 Å². The lowest BCUT2D eigenvalue weighted by Gasteiger charge is -2.03. The van der Waals surface area contributed by atoms with E-state index >= 15 is 0 Å². The minimum absolute atomic E-state index is 0.232. The van der Waals surface area contributed by atoms with Crippen LogP contribution in [0.15, 0.2) is 52.1 Å². The van der Waals surface area contributed by atoms with Gasteiger partial charge in [0, 0.05) is 9.50 Å². The van der Waals surface area contributed by atoms with Crippen molar-refractivity contribution >= 4 is 33.2 Å². The van der Waals surface area contributed by atoms with Crippen LogP contribution in [-0.2, 0) is 0 Å². The molecule has 2 aromatic rings. The van der Waals surface area contributed by atoms with Crippen LogP contribution in [0.4, 0.5) is 5.69 Å². The number of aliphatic hydroxyl groups excluding tert-OH is 1. The first-order chi connectivity index (χ1) is 9.61. The lowest BCUT2D eigenvalue weighted by molar-refractivity contribution is 0.238. The van der Waals surface area contributed by atoms with Gasteiger partial charge in [-0.05, 0) is 50.9 Å². The van der Waals surface area contributed by atoms with Crippen molar-refractivity contribution in [3.05, 3.63) is 68.0 Å². The van der Waals surface area contributed by atoms with Gasteiger partial charge < -0.3 is 5.11 Å². The van der Waals surface area contributed by atoms with Crippen molar-refractivity contribution < 1.29 is 5.11 Å². The number of rotatable bonds is 2. The lowest BCUT2D eigenvalue weighted by Crippen LogP contribution is -1.93. The van der Waals surface area contributed by atoms with E-state index in [0.29, 0.717) is 20.6 Å². The normalized spacial score (nSPS) is 11.3. The summed E-state index contributed by atoms with van der Waals surface area (Å²) in [4.78, 5) is 10.7. The summed E-state index contributed by atoms with van der Waals surface area (Å²) in [6.45, 7) is 0. The van der Waals surface area contributed by atoms with E-state index in [2.05, 4.69) is 32.9 Å². The van der Waals surface area contributed by atoms with Crippen molar-refractivity contribution in [2.45, 2.75) is 6.10 Å². The molecular weight excluding hydrogens is 342 g/mol. The molecule has 0 aliphatic heterocycles. The van der Waals surface area contributed by atoms with Crippen LogP contribution in [0.3, 0.4) is 0 Å². The van der Waals surface area contributed by atoms with Gasteiger partial charge in [-0.3, -0.25) is 0 Å². The van der Waals surface area contributed by atoms with E-state index in [1.165, 1.54) is 0 Å². The molecule has 5 heteroatoms. The number of benzene rings is 2. The van der Waals surface area contributed by atoms with E-state index in [-0.39, 0.29) is 5.69 Å². The molecule has 0 aromatic heterocycles. The molecule has 0 saturated carbocycles. The first kappa shape index (κ1) is 14.7. The highest BCUT2D eigenvalue weighted by atomic mass is 79.9. The molecule has 0 radical (unpaired) electrons. The smallest absolute Gasteiger partial charge is 0.140 e. The quantitative estimate of drug-likeness (QED) is 0.636. The van der Waals surface area contributed by atoms with Crippen LogP contribution >= 0.6 is 27.5 Å². The maximum absolute atomic E-state index is 10.7. The first-order valence-electron chi connectivity index (χ1n) is 5.69. The second-order valence-electron chi connectivity index (χ2n) is 3.95. The fraction of sp³-hybridized carbons (Fsp3) is 0.0667. The third-order valence-corrected chi connectivity index (χ3v) is 3.52. The predicted molar refractivity (Wildman–Crippen MR) is 82.9 cm³/mol. The van der Waals surface area contributed by atoms with Gasteiger partial charge in [0.15, 0.2) is 0 Å². The van der Waals surface area contributed by atoms with Crippen LogP contribution in [0.25, 0.3) is 0 Å². The van der Waals surface area contributed by atoms with E-state index in [1.54, 1.807) is 42.5 Å². The molecule has 0 bridgehead atoms. The van der Waals surface area contributed by atoms with Crippen molar-refractivity contribution in [1.29, 1.82) is 0 Å². The van der Waals surface area contributed by atoms with Gasteiger partial charge in [-0.2, -0.15) is 0 Å². The van der Waals surface area contributed by atoms with Gasteiger partial charge in [0.2, 0.25) is 0 Å². The number of aliphatic hydroxyl groups is 1. The van der Waals surface area contributed by atoms with Crippen molar-refractivity contribution in [2.24, 2.45) is 5.18 Å². The summed E-state index contributed by atoms with van der Waals surface area (Å²) >= 11 is 9.08. The molecule has 0 spiro atoms. The van der Waals surface area contributed by atoms with Crippen molar-refractivity contribution in [3.63, 3.8) is 0 Å². The highest BCUT2D eigenvalue weighted by Crippen LogP contribution is 2.26. The summed E-state index contributed by atoms with van der Waals surface area (Å²) in [7, 11) is 0. The van der Waals surface area contributed by atoms with Crippen molar-refractivity contribution in [1.82, 2.24) is 0 Å². The largest absolute Gasteiger partial charge is 0.376 e. The average Bonchev–Trinajstić information content (AvgIpc) is 2.46. The molecule has 3 nitrogen and oxygen atoms in total. The Morgan fingerprint density at radius 3 is 2.55 bits per heavy atom. The van der Waals surface area contributed by atoms with Gasteiger partial charge in [0.05, 0.1) is 5.56 Å². The van der Waals surface area contributed by atoms with Crippen LogP contribution in [0.2, 0.25) is 5.02 Å². The van der Waals surface area contributed by atoms with Crippen molar-refractivity contribution in [3.8, 4) is 11.8 Å². The Morgan fingerprint density at radius 1 is 1.20 bits per heavy atom. The zero-order chi connectivity index (χ0) is 14.5. The molecule has 100 valence electrons. The summed E-state index contributed by atoms with van der Waals surface area (Å²) < 4.78 is 0.658. The molecule has 1 N–H and O–H groups in total. The maximum Gasteiger partial charge on any atom is 0.140 e. The van der Waals surface area contributed by atoms with Crippen LogP contribution < -0.4 is 0 Å². The Kier molecular flexibility index (Phi) is 4.91. The molecule has 20 heavy (non-hydrogen) atoms. The highest BCUT2D eigenvalue weighted by molar-refractivity contribution is 9.10. The molecule has 0 saturated heterocycles. The molecule has 0 fully saturated rings. The third-order valence-electron chi connectivity index (χ3n) is 2.61. The summed E-state index contributed by atoms with van der Waals surface area (Å²) in [5.74, 6) is 5.46. The fourth-order valence-electron chi connectivity index (χ4n) is 1.58. The molecule has 0 aliphatic carbocycles. The number of halogens is 2. The Morgan fingerprint density at radius 2 is 1.90 bits per heavy atom. The summed E-state index contributed by atoms with van der Waals surface area (Å²) in [6, 6.07) is 11.8. The molecule has 0 amide bonds. The number of nitroso groups, excluding NO2 is 1.